The number of rotatable bonds is 0. The van der Waals surface area contributed by atoms with Crippen LogP contribution in [0.4, 0.5) is 0 Å². The Balaban J connectivity index is 0.000000261. The molecule has 1 rings (SSSR count). The molecular formula is C6H9Cl3N2S. The molecule has 0 bridgehead atoms. The van der Waals surface area contributed by atoms with E-state index in [2.05, 4.69) is 17.9 Å². The van der Waals surface area contributed by atoms with Gasteiger partial charge >= 0.3 is 0 Å². The van der Waals surface area contributed by atoms with Crippen molar-refractivity contribution in [1.82, 2.24) is 9.19 Å². The highest BCUT2D eigenvalue weighted by atomic mass is 35.6. The van der Waals surface area contributed by atoms with E-state index in [0.717, 1.165) is 11.4 Å². The second-order valence-corrected chi connectivity index (χ2v) is 4.42. The van der Waals surface area contributed by atoms with Crippen molar-refractivity contribution in [2.24, 2.45) is 0 Å². The number of aromatic nitrogens is 2. The molecule has 0 atom stereocenters. The molecule has 0 fully saturated rings. The molecule has 0 spiro atoms. The number of hydrogen-bond acceptors (Lipinski definition) is 2. The van der Waals surface area contributed by atoms with Gasteiger partial charge in [-0.15, -0.1) is 0 Å². The zero-order valence-electron chi connectivity index (χ0n) is 6.63. The molecule has 0 amide bonds. The first-order valence-electron chi connectivity index (χ1n) is 3.08. The van der Waals surface area contributed by atoms with Crippen LogP contribution < -0.4 is 0 Å². The molecule has 6 heteroatoms. The fourth-order valence-corrected chi connectivity index (χ4v) is 0.816. The Bertz CT molecular complexity index is 214. The van der Waals surface area contributed by atoms with Gasteiger partial charge < -0.3 is 0 Å². The average molecular weight is 248 g/mol. The Hall–Kier alpha value is 0.430. The molecule has 1 aromatic heterocycles. The summed E-state index contributed by atoms with van der Waals surface area (Å²) in [4.78, 5) is 0. The summed E-state index contributed by atoms with van der Waals surface area (Å²) < 4.78 is 0.815. The number of nitrogens with zero attached hydrogens (tertiary/aromatic N) is 2. The second-order valence-electron chi connectivity index (χ2n) is 2.06. The van der Waals surface area contributed by atoms with Gasteiger partial charge in [-0.2, -0.15) is 5.10 Å². The highest BCUT2D eigenvalue weighted by Gasteiger charge is 1.92. The van der Waals surface area contributed by atoms with Crippen molar-refractivity contribution in [2.75, 3.05) is 0 Å². The topological polar surface area (TPSA) is 17.8 Å². The standard InChI is InChI=1S/C5H8N2S.CHCl3/c1-4-3-5(2)7(8)6-4;2-1(3)4/h3,8H,1-2H3;1H. The van der Waals surface area contributed by atoms with Crippen LogP contribution in [0.25, 0.3) is 0 Å². The van der Waals surface area contributed by atoms with Gasteiger partial charge in [0.15, 0.2) is 4.30 Å². The molecule has 0 unspecified atom stereocenters. The van der Waals surface area contributed by atoms with Crippen molar-refractivity contribution in [2.45, 2.75) is 18.1 Å². The smallest absolute Gasteiger partial charge is 0.180 e. The monoisotopic (exact) mass is 246 g/mol. The summed E-state index contributed by atoms with van der Waals surface area (Å²) >= 11 is 18.4. The van der Waals surface area contributed by atoms with Crippen molar-refractivity contribution in [3.63, 3.8) is 0 Å². The van der Waals surface area contributed by atoms with E-state index in [1.165, 1.54) is 0 Å². The Morgan fingerprint density at radius 3 is 1.92 bits per heavy atom. The minimum atomic E-state index is -0.750. The summed E-state index contributed by atoms with van der Waals surface area (Å²) in [5.41, 5.74) is 2.09. The van der Waals surface area contributed by atoms with E-state index in [1.54, 1.807) is 4.09 Å². The van der Waals surface area contributed by atoms with Crippen LogP contribution in [0.1, 0.15) is 11.4 Å². The molecule has 1 heterocycles. The fourth-order valence-electron chi connectivity index (χ4n) is 0.617. The van der Waals surface area contributed by atoms with Crippen molar-refractivity contribution >= 4 is 47.6 Å². The third kappa shape index (κ3) is 6.00. The summed E-state index contributed by atoms with van der Waals surface area (Å²) in [6.07, 6.45) is 0. The number of alkyl halides is 3. The largest absolute Gasteiger partial charge is 0.214 e. The van der Waals surface area contributed by atoms with Gasteiger partial charge in [0.1, 0.15) is 0 Å². The van der Waals surface area contributed by atoms with E-state index in [-0.39, 0.29) is 0 Å². The van der Waals surface area contributed by atoms with Gasteiger partial charge in [0.2, 0.25) is 0 Å². The molecule has 0 aliphatic rings. The lowest BCUT2D eigenvalue weighted by Crippen LogP contribution is -1.83. The number of aryl methyl sites for hydroxylation is 2. The van der Waals surface area contributed by atoms with Gasteiger partial charge in [-0.05, 0) is 32.7 Å². The summed E-state index contributed by atoms with van der Waals surface area (Å²) in [5.74, 6) is 0. The van der Waals surface area contributed by atoms with Crippen LogP contribution in [0.5, 0.6) is 0 Å². The van der Waals surface area contributed by atoms with Crippen LogP contribution in [0.15, 0.2) is 6.07 Å². The molecule has 70 valence electrons. The molecule has 2 nitrogen and oxygen atoms in total. The quantitative estimate of drug-likeness (QED) is 0.551. The van der Waals surface area contributed by atoms with E-state index < -0.39 is 4.30 Å². The number of hydrogen-bond donors (Lipinski definition) is 1. The first kappa shape index (κ1) is 12.4. The SMILES string of the molecule is Cc1cc(C)n(S)n1.ClC(Cl)Cl. The minimum absolute atomic E-state index is 0.750. The molecule has 0 aromatic carbocycles. The van der Waals surface area contributed by atoms with Crippen LogP contribution in [0.3, 0.4) is 0 Å². The predicted octanol–water partition coefficient (Wildman–Crippen LogP) is 3.18. The lowest BCUT2D eigenvalue weighted by Gasteiger charge is -1.85. The lowest BCUT2D eigenvalue weighted by atomic mass is 10.4. The number of thiol groups is 1. The third-order valence-corrected chi connectivity index (χ3v) is 1.39. The van der Waals surface area contributed by atoms with Gasteiger partial charge in [0.05, 0.1) is 5.69 Å². The van der Waals surface area contributed by atoms with Crippen LogP contribution >= 0.6 is 47.6 Å². The molecule has 0 radical (unpaired) electrons. The summed E-state index contributed by atoms with van der Waals surface area (Å²) in [7, 11) is 0. The van der Waals surface area contributed by atoms with Gasteiger partial charge in [0, 0.05) is 5.69 Å². The lowest BCUT2D eigenvalue weighted by molar-refractivity contribution is 0.955. The minimum Gasteiger partial charge on any atom is -0.214 e. The number of halogens is 3. The van der Waals surface area contributed by atoms with E-state index in [4.69, 9.17) is 34.8 Å². The van der Waals surface area contributed by atoms with Crippen LogP contribution in [-0.4, -0.2) is 13.5 Å². The highest BCUT2D eigenvalue weighted by Crippen LogP contribution is 2.03. The van der Waals surface area contributed by atoms with Gasteiger partial charge in [-0.1, -0.05) is 34.8 Å². The summed E-state index contributed by atoms with van der Waals surface area (Å²) in [6.45, 7) is 3.91. The van der Waals surface area contributed by atoms with Gasteiger partial charge in [0.25, 0.3) is 0 Å². The highest BCUT2D eigenvalue weighted by molar-refractivity contribution is 7.78. The Morgan fingerprint density at radius 2 is 1.83 bits per heavy atom. The van der Waals surface area contributed by atoms with Gasteiger partial charge in [-0.25, -0.2) is 4.09 Å². The molecule has 0 aliphatic heterocycles. The van der Waals surface area contributed by atoms with Crippen molar-refractivity contribution in [3.8, 4) is 0 Å². The average Bonchev–Trinajstić information content (AvgIpc) is 2.08. The zero-order valence-corrected chi connectivity index (χ0v) is 9.79. The molecular weight excluding hydrogens is 239 g/mol. The van der Waals surface area contributed by atoms with Crippen molar-refractivity contribution in [3.05, 3.63) is 17.5 Å². The Kier molecular flexibility index (Phi) is 6.19. The maximum Gasteiger partial charge on any atom is 0.180 e. The predicted molar refractivity (Wildman–Crippen MR) is 57.4 cm³/mol. The molecule has 0 aliphatic carbocycles. The van der Waals surface area contributed by atoms with Crippen LogP contribution in [-0.2, 0) is 0 Å². The van der Waals surface area contributed by atoms with E-state index in [9.17, 15) is 0 Å². The van der Waals surface area contributed by atoms with Crippen LogP contribution in [0.2, 0.25) is 0 Å². The molecule has 0 saturated heterocycles. The van der Waals surface area contributed by atoms with Crippen LogP contribution in [0, 0.1) is 13.8 Å². The van der Waals surface area contributed by atoms with Gasteiger partial charge in [-0.3, -0.25) is 0 Å². The maximum absolute atomic E-state index is 4.81. The normalized spacial score (nSPS) is 9.58. The molecule has 12 heavy (non-hydrogen) atoms. The molecule has 0 saturated carbocycles. The first-order chi connectivity index (χ1) is 5.43. The first-order valence-corrected chi connectivity index (χ1v) is 4.79. The molecule has 0 N–H and O–H groups in total. The summed E-state index contributed by atoms with van der Waals surface area (Å²) in [5, 5.41) is 3.99. The van der Waals surface area contributed by atoms with E-state index in [0.29, 0.717) is 0 Å². The van der Waals surface area contributed by atoms with E-state index in [1.807, 2.05) is 19.9 Å². The fraction of sp³-hybridized carbons (Fsp3) is 0.500. The Morgan fingerprint density at radius 1 is 1.42 bits per heavy atom. The Labute approximate surface area is 92.3 Å². The third-order valence-electron chi connectivity index (χ3n) is 0.986. The second kappa shape index (κ2) is 5.97. The summed E-state index contributed by atoms with van der Waals surface area (Å²) in [6, 6.07) is 1.98. The zero-order chi connectivity index (χ0) is 9.72. The molecule has 1 aromatic rings. The van der Waals surface area contributed by atoms with Crippen molar-refractivity contribution < 1.29 is 0 Å². The maximum atomic E-state index is 4.81. The van der Waals surface area contributed by atoms with E-state index >= 15 is 0 Å². The van der Waals surface area contributed by atoms with Crippen molar-refractivity contribution in [1.29, 1.82) is 0 Å².